The number of rotatable bonds is 9. The van der Waals surface area contributed by atoms with Crippen molar-refractivity contribution in [3.8, 4) is 0 Å². The van der Waals surface area contributed by atoms with Gasteiger partial charge in [-0.3, -0.25) is 4.79 Å². The first-order valence-electron chi connectivity index (χ1n) is 6.53. The van der Waals surface area contributed by atoms with E-state index in [9.17, 15) is 4.79 Å². The molecule has 0 radical (unpaired) electrons. The molecule has 16 heavy (non-hydrogen) atoms. The Balaban J connectivity index is 3.31. The first kappa shape index (κ1) is 15.4. The average Bonchev–Trinajstić information content (AvgIpc) is 2.19. The van der Waals surface area contributed by atoms with Crippen molar-refractivity contribution in [1.82, 2.24) is 5.32 Å². The van der Waals surface area contributed by atoms with E-state index >= 15 is 0 Å². The van der Waals surface area contributed by atoms with E-state index in [1.807, 2.05) is 0 Å². The topological polar surface area (TPSA) is 29.1 Å². The quantitative estimate of drug-likeness (QED) is 0.367. The largest absolute Gasteiger partial charge is 0.314 e. The maximum absolute atomic E-state index is 11.5. The predicted octanol–water partition coefficient (Wildman–Crippen LogP) is 2.52. The molecule has 96 valence electrons. The summed E-state index contributed by atoms with van der Waals surface area (Å²) in [4.78, 5) is 11.5. The second kappa shape index (κ2) is 8.57. The van der Waals surface area contributed by atoms with E-state index in [2.05, 4.69) is 33.4 Å². The van der Waals surface area contributed by atoms with E-state index in [0.29, 0.717) is 13.1 Å². The molecule has 0 aromatic heterocycles. The third kappa shape index (κ3) is 11.5. The van der Waals surface area contributed by atoms with Gasteiger partial charge in [0.15, 0.2) is 6.67 Å². The molecule has 0 aliphatic rings. The summed E-state index contributed by atoms with van der Waals surface area (Å²) >= 11 is 0. The Morgan fingerprint density at radius 2 is 1.56 bits per heavy atom. The number of amides is 1. The van der Waals surface area contributed by atoms with Gasteiger partial charge in [-0.25, -0.2) is 0 Å². The molecule has 1 N–H and O–H groups in total. The summed E-state index contributed by atoms with van der Waals surface area (Å²) in [6.45, 7) is 2.94. The van der Waals surface area contributed by atoms with Crippen LogP contribution in [0.5, 0.6) is 0 Å². The summed E-state index contributed by atoms with van der Waals surface area (Å²) in [7, 11) is 6.22. The summed E-state index contributed by atoms with van der Waals surface area (Å²) in [6, 6.07) is 0. The molecule has 1 amide bonds. The van der Waals surface area contributed by atoms with Crippen molar-refractivity contribution in [2.45, 2.75) is 51.9 Å². The lowest BCUT2D eigenvalue weighted by atomic mass is 10.1. The summed E-state index contributed by atoms with van der Waals surface area (Å²) in [5.74, 6) is 0.198. The summed E-state index contributed by atoms with van der Waals surface area (Å²) in [5.41, 5.74) is 0. The lowest BCUT2D eigenvalue weighted by Gasteiger charge is -2.23. The number of carbonyl (C=O) groups excluding carboxylic acids is 1. The minimum atomic E-state index is 0.198. The number of hydrogen-bond acceptors (Lipinski definition) is 1. The van der Waals surface area contributed by atoms with Crippen molar-refractivity contribution in [1.29, 1.82) is 0 Å². The van der Waals surface area contributed by atoms with Crippen molar-refractivity contribution in [3.05, 3.63) is 0 Å². The van der Waals surface area contributed by atoms with E-state index in [1.165, 1.54) is 32.1 Å². The number of carbonyl (C=O) groups is 1. The van der Waals surface area contributed by atoms with Crippen LogP contribution in [0, 0.1) is 0 Å². The highest BCUT2D eigenvalue weighted by Crippen LogP contribution is 2.06. The highest BCUT2D eigenvalue weighted by molar-refractivity contribution is 5.75. The van der Waals surface area contributed by atoms with Crippen LogP contribution in [0.25, 0.3) is 0 Å². The van der Waals surface area contributed by atoms with Crippen LogP contribution < -0.4 is 5.32 Å². The van der Waals surface area contributed by atoms with Gasteiger partial charge in [0.2, 0.25) is 5.91 Å². The molecule has 0 spiro atoms. The zero-order valence-corrected chi connectivity index (χ0v) is 11.5. The zero-order valence-electron chi connectivity index (χ0n) is 11.5. The molecule has 0 aromatic carbocycles. The third-order valence-electron chi connectivity index (χ3n) is 2.51. The van der Waals surface area contributed by atoms with Crippen LogP contribution >= 0.6 is 0 Å². The maximum Gasteiger partial charge on any atom is 0.224 e. The van der Waals surface area contributed by atoms with Crippen molar-refractivity contribution < 1.29 is 9.28 Å². The minimum Gasteiger partial charge on any atom is -0.314 e. The second-order valence-corrected chi connectivity index (χ2v) is 5.57. The molecule has 0 unspecified atom stereocenters. The van der Waals surface area contributed by atoms with Gasteiger partial charge >= 0.3 is 0 Å². The van der Waals surface area contributed by atoms with Gasteiger partial charge < -0.3 is 9.80 Å². The Labute approximate surface area is 101 Å². The van der Waals surface area contributed by atoms with E-state index in [4.69, 9.17) is 0 Å². The lowest BCUT2D eigenvalue weighted by molar-refractivity contribution is -0.872. The molecule has 3 nitrogen and oxygen atoms in total. The summed E-state index contributed by atoms with van der Waals surface area (Å²) in [5, 5.41) is 2.96. The van der Waals surface area contributed by atoms with Gasteiger partial charge in [0.05, 0.1) is 21.1 Å². The molecule has 0 rings (SSSR count). The third-order valence-corrected chi connectivity index (χ3v) is 2.51. The fourth-order valence-electron chi connectivity index (χ4n) is 1.48. The summed E-state index contributed by atoms with van der Waals surface area (Å²) in [6.07, 6.45) is 8.11. The van der Waals surface area contributed by atoms with E-state index < -0.39 is 0 Å². The van der Waals surface area contributed by atoms with Gasteiger partial charge in [0.1, 0.15) is 0 Å². The molecule has 0 saturated carbocycles. The molecular formula is C13H29N2O+. The molecule has 0 aromatic rings. The van der Waals surface area contributed by atoms with Gasteiger partial charge in [-0.15, -0.1) is 0 Å². The van der Waals surface area contributed by atoms with Crippen LogP contribution in [0.4, 0.5) is 0 Å². The van der Waals surface area contributed by atoms with E-state index in [0.717, 1.165) is 10.9 Å². The smallest absolute Gasteiger partial charge is 0.224 e. The van der Waals surface area contributed by atoms with Gasteiger partial charge in [-0.2, -0.15) is 0 Å². The van der Waals surface area contributed by atoms with Crippen LogP contribution in [0.2, 0.25) is 0 Å². The van der Waals surface area contributed by atoms with Crippen LogP contribution in [0.1, 0.15) is 51.9 Å². The van der Waals surface area contributed by atoms with Crippen LogP contribution in [-0.2, 0) is 4.79 Å². The summed E-state index contributed by atoms with van der Waals surface area (Å²) < 4.78 is 0.780. The fraction of sp³-hybridized carbons (Fsp3) is 0.923. The number of nitrogens with one attached hydrogen (secondary N) is 1. The Morgan fingerprint density at radius 3 is 2.12 bits per heavy atom. The highest BCUT2D eigenvalue weighted by atomic mass is 16.1. The number of hydrogen-bond donors (Lipinski definition) is 1. The highest BCUT2D eigenvalue weighted by Gasteiger charge is 2.08. The molecule has 3 heteroatoms. The molecule has 0 bridgehead atoms. The van der Waals surface area contributed by atoms with Crippen LogP contribution in [0.3, 0.4) is 0 Å². The van der Waals surface area contributed by atoms with Crippen molar-refractivity contribution in [2.24, 2.45) is 0 Å². The Kier molecular flexibility index (Phi) is 8.26. The SMILES string of the molecule is CCCCCCCCC(=O)NC[N+](C)(C)C. The number of unbranched alkanes of at least 4 members (excludes halogenated alkanes) is 5. The van der Waals surface area contributed by atoms with Crippen LogP contribution in [0.15, 0.2) is 0 Å². The Hall–Kier alpha value is -0.570. The van der Waals surface area contributed by atoms with Crippen molar-refractivity contribution in [2.75, 3.05) is 27.8 Å². The second-order valence-electron chi connectivity index (χ2n) is 5.57. The average molecular weight is 229 g/mol. The predicted molar refractivity (Wildman–Crippen MR) is 69.0 cm³/mol. The maximum atomic E-state index is 11.5. The van der Waals surface area contributed by atoms with Gasteiger partial charge in [-0.1, -0.05) is 39.0 Å². The van der Waals surface area contributed by atoms with Gasteiger partial charge in [0.25, 0.3) is 0 Å². The zero-order chi connectivity index (χ0) is 12.4. The molecule has 0 saturated heterocycles. The molecular weight excluding hydrogens is 200 g/mol. The van der Waals surface area contributed by atoms with Crippen LogP contribution in [-0.4, -0.2) is 38.2 Å². The number of quaternary nitrogens is 1. The number of nitrogens with zero attached hydrogens (tertiary/aromatic N) is 1. The minimum absolute atomic E-state index is 0.198. The van der Waals surface area contributed by atoms with Gasteiger partial charge in [-0.05, 0) is 6.42 Å². The van der Waals surface area contributed by atoms with Crippen molar-refractivity contribution in [3.63, 3.8) is 0 Å². The normalized spacial score (nSPS) is 11.5. The molecule has 0 fully saturated rings. The fourth-order valence-corrected chi connectivity index (χ4v) is 1.48. The van der Waals surface area contributed by atoms with Gasteiger partial charge in [0, 0.05) is 6.42 Å². The first-order chi connectivity index (χ1) is 7.45. The Bertz CT molecular complexity index is 185. The standard InChI is InChI=1S/C13H28N2O/c1-5-6-7-8-9-10-11-13(16)14-12-15(2,3)4/h5-12H2,1-4H3/p+1. The van der Waals surface area contributed by atoms with E-state index in [1.54, 1.807) is 0 Å². The lowest BCUT2D eigenvalue weighted by Crippen LogP contribution is -2.45. The molecule has 0 atom stereocenters. The first-order valence-corrected chi connectivity index (χ1v) is 6.53. The molecule has 0 aliphatic heterocycles. The van der Waals surface area contributed by atoms with Crippen molar-refractivity contribution >= 4 is 5.91 Å². The Morgan fingerprint density at radius 1 is 1.00 bits per heavy atom. The monoisotopic (exact) mass is 229 g/mol. The molecule has 0 heterocycles. The van der Waals surface area contributed by atoms with E-state index in [-0.39, 0.29) is 5.91 Å². The molecule has 0 aliphatic carbocycles.